The van der Waals surface area contributed by atoms with Gasteiger partial charge in [0.15, 0.2) is 0 Å². The van der Waals surface area contributed by atoms with E-state index in [0.717, 1.165) is 6.54 Å². The van der Waals surface area contributed by atoms with Crippen molar-refractivity contribution < 1.29 is 0 Å². The van der Waals surface area contributed by atoms with Crippen LogP contribution in [0.15, 0.2) is 0 Å². The fourth-order valence-corrected chi connectivity index (χ4v) is 0.729. The summed E-state index contributed by atoms with van der Waals surface area (Å²) in [6, 6.07) is 0.528. The third kappa shape index (κ3) is 8.50. The van der Waals surface area contributed by atoms with Crippen molar-refractivity contribution >= 4 is 24.8 Å². The maximum absolute atomic E-state index is 5.41. The van der Waals surface area contributed by atoms with Gasteiger partial charge in [0, 0.05) is 12.6 Å². The first kappa shape index (κ1) is 16.8. The fraction of sp³-hybridized carbons (Fsp3) is 1.00. The third-order valence-electron chi connectivity index (χ3n) is 1.33. The Kier molecular flexibility index (Phi) is 20.6. The summed E-state index contributed by atoms with van der Waals surface area (Å²) in [6.07, 6.45) is 2.40. The molecule has 2 nitrogen and oxygen atoms in total. The number of hydrogen-bond acceptors (Lipinski definition) is 2. The molecule has 10 heavy (non-hydrogen) atoms. The maximum Gasteiger partial charge on any atom is 0.0187 e. The first-order valence-electron chi connectivity index (χ1n) is 3.22. The highest BCUT2D eigenvalue weighted by molar-refractivity contribution is 5.85. The highest BCUT2D eigenvalue weighted by Gasteiger charge is 1.97. The second-order valence-electron chi connectivity index (χ2n) is 2.01. The minimum Gasteiger partial charge on any atom is -0.329 e. The van der Waals surface area contributed by atoms with Gasteiger partial charge in [-0.2, -0.15) is 0 Å². The average Bonchev–Trinajstić information content (AvgIpc) is 1.83. The van der Waals surface area contributed by atoms with Crippen molar-refractivity contribution in [2.45, 2.75) is 25.8 Å². The summed E-state index contributed by atoms with van der Waals surface area (Å²) in [4.78, 5) is 0. The Morgan fingerprint density at radius 3 is 2.00 bits per heavy atom. The monoisotopic (exact) mass is 188 g/mol. The molecule has 0 aromatic heterocycles. The van der Waals surface area contributed by atoms with E-state index < -0.39 is 0 Å². The third-order valence-corrected chi connectivity index (χ3v) is 1.33. The van der Waals surface area contributed by atoms with Gasteiger partial charge in [0.25, 0.3) is 0 Å². The van der Waals surface area contributed by atoms with Crippen LogP contribution in [-0.4, -0.2) is 19.6 Å². The summed E-state index contributed by atoms with van der Waals surface area (Å²) in [6.45, 7) is 2.92. The van der Waals surface area contributed by atoms with E-state index in [9.17, 15) is 0 Å². The van der Waals surface area contributed by atoms with Crippen molar-refractivity contribution in [2.75, 3.05) is 13.6 Å². The highest BCUT2D eigenvalue weighted by Crippen LogP contribution is 1.91. The summed E-state index contributed by atoms with van der Waals surface area (Å²) < 4.78 is 0. The van der Waals surface area contributed by atoms with Crippen LogP contribution in [0.3, 0.4) is 0 Å². The number of nitrogens with two attached hydrogens (primary N) is 1. The van der Waals surface area contributed by atoms with Crippen molar-refractivity contribution in [3.63, 3.8) is 0 Å². The number of halogens is 2. The molecular weight excluding hydrogens is 171 g/mol. The van der Waals surface area contributed by atoms with Crippen molar-refractivity contribution in [3.05, 3.63) is 0 Å². The number of hydrogen-bond donors (Lipinski definition) is 2. The molecule has 0 spiro atoms. The second kappa shape index (κ2) is 12.2. The molecule has 1 atom stereocenters. The van der Waals surface area contributed by atoms with Gasteiger partial charge in [0.05, 0.1) is 0 Å². The maximum atomic E-state index is 5.41. The SMILES string of the molecule is CCCC(CN)NC.Cl.Cl. The first-order valence-corrected chi connectivity index (χ1v) is 3.22. The van der Waals surface area contributed by atoms with Crippen LogP contribution >= 0.6 is 24.8 Å². The van der Waals surface area contributed by atoms with Gasteiger partial charge in [-0.3, -0.25) is 0 Å². The number of likely N-dealkylation sites (N-methyl/N-ethyl adjacent to an activating group) is 1. The molecule has 0 heterocycles. The molecular formula is C6H18Cl2N2. The van der Waals surface area contributed by atoms with Gasteiger partial charge >= 0.3 is 0 Å². The molecule has 0 saturated carbocycles. The zero-order valence-corrected chi connectivity index (χ0v) is 8.23. The molecule has 0 fully saturated rings. The molecule has 1 unspecified atom stereocenters. The van der Waals surface area contributed by atoms with Crippen LogP contribution in [-0.2, 0) is 0 Å². The minimum atomic E-state index is 0. The predicted molar refractivity (Wildman–Crippen MR) is 51.3 cm³/mol. The molecule has 0 aromatic carbocycles. The average molecular weight is 189 g/mol. The van der Waals surface area contributed by atoms with E-state index in [1.165, 1.54) is 12.8 Å². The Hall–Kier alpha value is 0.500. The van der Waals surface area contributed by atoms with Crippen LogP contribution in [0.1, 0.15) is 19.8 Å². The van der Waals surface area contributed by atoms with Gasteiger partial charge in [-0.25, -0.2) is 0 Å². The summed E-state index contributed by atoms with van der Waals surface area (Å²) in [7, 11) is 1.95. The molecule has 0 amide bonds. The van der Waals surface area contributed by atoms with E-state index in [0.29, 0.717) is 6.04 Å². The normalized spacial score (nSPS) is 11.1. The molecule has 0 radical (unpaired) electrons. The number of nitrogens with one attached hydrogen (secondary N) is 1. The van der Waals surface area contributed by atoms with Crippen molar-refractivity contribution in [1.29, 1.82) is 0 Å². The predicted octanol–water partition coefficient (Wildman–Crippen LogP) is 1.18. The quantitative estimate of drug-likeness (QED) is 0.696. The molecule has 0 rings (SSSR count). The standard InChI is InChI=1S/C6H16N2.2ClH/c1-3-4-6(5-7)8-2;;/h6,8H,3-5,7H2,1-2H3;2*1H. The number of rotatable bonds is 4. The highest BCUT2D eigenvalue weighted by atomic mass is 35.5. The lowest BCUT2D eigenvalue weighted by Gasteiger charge is -2.10. The van der Waals surface area contributed by atoms with Crippen LogP contribution in [0, 0.1) is 0 Å². The summed E-state index contributed by atoms with van der Waals surface area (Å²) in [5, 5.41) is 3.13. The van der Waals surface area contributed by atoms with Gasteiger partial charge in [0.2, 0.25) is 0 Å². The molecule has 0 saturated heterocycles. The van der Waals surface area contributed by atoms with Gasteiger partial charge in [0.1, 0.15) is 0 Å². The lowest BCUT2D eigenvalue weighted by molar-refractivity contribution is 0.525. The van der Waals surface area contributed by atoms with Crippen LogP contribution < -0.4 is 11.1 Å². The molecule has 3 N–H and O–H groups in total. The van der Waals surface area contributed by atoms with Crippen LogP contribution in [0.5, 0.6) is 0 Å². The van der Waals surface area contributed by atoms with Crippen LogP contribution in [0.2, 0.25) is 0 Å². The summed E-state index contributed by atoms with van der Waals surface area (Å²) in [5.74, 6) is 0. The van der Waals surface area contributed by atoms with Crippen molar-refractivity contribution in [3.8, 4) is 0 Å². The van der Waals surface area contributed by atoms with Crippen molar-refractivity contribution in [1.82, 2.24) is 5.32 Å². The second-order valence-corrected chi connectivity index (χ2v) is 2.01. The van der Waals surface area contributed by atoms with E-state index >= 15 is 0 Å². The van der Waals surface area contributed by atoms with Crippen molar-refractivity contribution in [2.24, 2.45) is 5.73 Å². The molecule has 0 aliphatic heterocycles. The van der Waals surface area contributed by atoms with Crippen LogP contribution in [0.4, 0.5) is 0 Å². The van der Waals surface area contributed by atoms with E-state index in [-0.39, 0.29) is 24.8 Å². The van der Waals surface area contributed by atoms with E-state index in [1.54, 1.807) is 0 Å². The minimum absolute atomic E-state index is 0. The first-order chi connectivity index (χ1) is 3.85. The lowest BCUT2D eigenvalue weighted by atomic mass is 10.2. The largest absolute Gasteiger partial charge is 0.329 e. The zero-order valence-electron chi connectivity index (χ0n) is 6.59. The Balaban J connectivity index is -0.000000245. The Morgan fingerprint density at radius 2 is 1.90 bits per heavy atom. The molecule has 66 valence electrons. The fourth-order valence-electron chi connectivity index (χ4n) is 0.729. The van der Waals surface area contributed by atoms with Gasteiger partial charge in [-0.05, 0) is 13.5 Å². The molecule has 0 aliphatic carbocycles. The molecule has 0 aromatic rings. The zero-order chi connectivity index (χ0) is 6.41. The van der Waals surface area contributed by atoms with Gasteiger partial charge in [-0.15, -0.1) is 24.8 Å². The Bertz CT molecular complexity index is 49.0. The topological polar surface area (TPSA) is 38.0 Å². The molecule has 0 aliphatic rings. The van der Waals surface area contributed by atoms with E-state index in [1.807, 2.05) is 7.05 Å². The lowest BCUT2D eigenvalue weighted by Crippen LogP contribution is -2.32. The smallest absolute Gasteiger partial charge is 0.0187 e. The van der Waals surface area contributed by atoms with Gasteiger partial charge < -0.3 is 11.1 Å². The summed E-state index contributed by atoms with van der Waals surface area (Å²) >= 11 is 0. The van der Waals surface area contributed by atoms with Gasteiger partial charge in [-0.1, -0.05) is 13.3 Å². The molecule has 4 heteroatoms. The Labute approximate surface area is 75.8 Å². The Morgan fingerprint density at radius 1 is 1.40 bits per heavy atom. The van der Waals surface area contributed by atoms with E-state index in [4.69, 9.17) is 5.73 Å². The van der Waals surface area contributed by atoms with Crippen LogP contribution in [0.25, 0.3) is 0 Å². The molecule has 0 bridgehead atoms. The van der Waals surface area contributed by atoms with E-state index in [2.05, 4.69) is 12.2 Å². The summed E-state index contributed by atoms with van der Waals surface area (Å²) in [5.41, 5.74) is 5.41.